The predicted molar refractivity (Wildman–Crippen MR) is 156 cm³/mol. The van der Waals surface area contributed by atoms with Gasteiger partial charge in [0, 0.05) is 4.92 Å². The van der Waals surface area contributed by atoms with Gasteiger partial charge < -0.3 is 51.0 Å². The fraction of sp³-hybridized carbons (Fsp3) is 0.200. The van der Waals surface area contributed by atoms with Crippen LogP contribution >= 0.6 is 24.4 Å². The van der Waals surface area contributed by atoms with Crippen LogP contribution in [0.1, 0.15) is 8.35 Å². The molecule has 4 aromatic heterocycles. The molecule has 4 heterocycles. The van der Waals surface area contributed by atoms with Crippen molar-refractivity contribution in [2.75, 3.05) is 12.3 Å². The number of carbonyl (C=O) groups is 2. The number of nitrogens with two attached hydrogens (primary N) is 1. The van der Waals surface area contributed by atoms with Gasteiger partial charge in [0.2, 0.25) is 10.7 Å². The van der Waals surface area contributed by atoms with Gasteiger partial charge in [0.05, 0.1) is 23.0 Å². The van der Waals surface area contributed by atoms with Crippen LogP contribution in [0, 0.1) is 64.1 Å². The van der Waals surface area contributed by atoms with E-state index in [-0.39, 0.29) is 162 Å². The monoisotopic (exact) mass is 816 g/mol. The number of diazo groups is 1. The Morgan fingerprint density at radius 2 is 1.67 bits per heavy atom. The van der Waals surface area contributed by atoms with Gasteiger partial charge in [-0.25, -0.2) is 14.7 Å². The van der Waals surface area contributed by atoms with Crippen LogP contribution in [0.2, 0.25) is 0 Å². The quantitative estimate of drug-likeness (QED) is 0.0107. The summed E-state index contributed by atoms with van der Waals surface area (Å²) in [5.41, 5.74) is 5.11. The fourth-order valence-corrected chi connectivity index (χ4v) is 2.23. The topological polar surface area (TPSA) is 444 Å². The summed E-state index contributed by atoms with van der Waals surface area (Å²) in [7, 11) is 0. The molecule has 4 rings (SSSR count). The molecule has 0 bridgehead atoms. The van der Waals surface area contributed by atoms with Gasteiger partial charge in [0.15, 0.2) is 0 Å². The molecule has 0 saturated carbocycles. The van der Waals surface area contributed by atoms with Gasteiger partial charge in [0.25, 0.3) is 0 Å². The summed E-state index contributed by atoms with van der Waals surface area (Å²) in [6.45, 7) is 1.37. The van der Waals surface area contributed by atoms with Gasteiger partial charge in [-0.05, 0) is 52.6 Å². The molecule has 1 atom stereocenters. The van der Waals surface area contributed by atoms with Crippen LogP contribution in [0.25, 0.3) is 10.8 Å². The van der Waals surface area contributed by atoms with Crippen LogP contribution in [0.5, 0.6) is 5.88 Å². The second-order valence-corrected chi connectivity index (χ2v) is 6.98. The maximum absolute atomic E-state index is 11.1. The average molecular weight is 817 g/mol. The fourth-order valence-electron chi connectivity index (χ4n) is 1.94. The zero-order valence-electron chi connectivity index (χ0n) is 27.6. The Bertz CT molecular complexity index is 1830. The van der Waals surface area contributed by atoms with Crippen molar-refractivity contribution >= 4 is 73.4 Å². The first-order chi connectivity index (χ1) is 21.3. The molecule has 0 spiro atoms. The molecule has 1 unspecified atom stereocenters. The molecule has 4 aromatic rings. The third kappa shape index (κ3) is 25.0. The normalized spacial score (nSPS) is 8.45. The molecule has 51 heavy (non-hydrogen) atoms. The number of nitro groups is 2. The summed E-state index contributed by atoms with van der Waals surface area (Å²) in [6.07, 6.45) is 8.09. The first kappa shape index (κ1) is 63.3. The second kappa shape index (κ2) is 35.6. The zero-order chi connectivity index (χ0) is 34.5. The van der Waals surface area contributed by atoms with Crippen LogP contribution in [-0.2, 0) is 32.6 Å². The molecule has 0 fully saturated rings. The van der Waals surface area contributed by atoms with Crippen LogP contribution in [0.15, 0.2) is 5.34 Å². The van der Waals surface area contributed by atoms with Crippen molar-refractivity contribution in [2.45, 2.75) is 13.0 Å². The van der Waals surface area contributed by atoms with E-state index in [1.165, 1.54) is 13.0 Å². The van der Waals surface area contributed by atoms with E-state index in [4.69, 9.17) is 21.2 Å². The first-order valence-corrected chi connectivity index (χ1v) is 11.2. The van der Waals surface area contributed by atoms with Gasteiger partial charge in [0.1, 0.15) is 11.9 Å². The minimum absolute atomic E-state index is 0. The Morgan fingerprint density at radius 3 is 2.00 bits per heavy atom. The molecular formula is C15H18N17Na4O12S3+3. The van der Waals surface area contributed by atoms with Gasteiger partial charge in [-0.3, -0.25) is 29.9 Å². The van der Waals surface area contributed by atoms with E-state index < -0.39 is 39.5 Å². The SMILES string of the molecule is C#COC(=O)C(C(=O)OCC)[N+](=O)[O-].N#[N+]c1nc(=S)[nH][nH]1.Nc1nc(=S)[nH][nH]1.O=N[O-].O=[N+]([O-])c1nnc2n[c-]nn2c1[O-].[H+].[Na+].[Na+].[Na+].[Na+].[OH-].[SH3+]. The minimum Gasteiger partial charge on any atom is -0.870 e. The largest absolute Gasteiger partial charge is 1.00 e. The van der Waals surface area contributed by atoms with Crippen molar-refractivity contribution in [3.63, 3.8) is 0 Å². The maximum atomic E-state index is 11.1. The molecule has 0 aliphatic heterocycles. The number of aromatic nitrogens is 11. The van der Waals surface area contributed by atoms with E-state index in [0.717, 1.165) is 5.34 Å². The van der Waals surface area contributed by atoms with Crippen LogP contribution in [0.3, 0.4) is 0 Å². The summed E-state index contributed by atoms with van der Waals surface area (Å²) in [5, 5.41) is 68.2. The van der Waals surface area contributed by atoms with E-state index in [2.05, 4.69) is 102 Å². The van der Waals surface area contributed by atoms with Crippen molar-refractivity contribution in [3.05, 3.63) is 51.2 Å². The number of anilines is 1. The number of rotatable bonds is 5. The Hall–Kier alpha value is -2.77. The molecule has 0 aromatic carbocycles. The molecule has 36 heteroatoms. The summed E-state index contributed by atoms with van der Waals surface area (Å²) in [6, 6.07) is -2.22. The Balaban J connectivity index is -0.0000000791. The number of terminal acetylenes is 1. The minimum atomic E-state index is -2.22. The standard InChI is InChI=1S/C7H7NO6.C4HN6O3.C2HN5S.C2H4N4S.HNO2.4Na.H2O.H2S/c1-3-13-6(9)5(8(11)12)7(10)14-4-2;11-3-2(10(12)13)7-8-4-5-1-6-9(3)4;3-5-1-4-2(8)7-6-1;3-1-4-2(7)6-5-1;2-1-3;;;;;;/h1,5H,4H2,2H3;11H;3H;(H4,3,4,5,6,7);(H,2,3);;;;;2*1H2/q;-1;;;;4*+1;;. The number of carbonyl (C=O) groups excluding carboxylic acids is 2. The molecule has 0 saturated heterocycles. The first-order valence-electron chi connectivity index (χ1n) is 10.4. The van der Waals surface area contributed by atoms with E-state index in [1.54, 1.807) is 0 Å². The summed E-state index contributed by atoms with van der Waals surface area (Å²) in [4.78, 5) is 61.3. The van der Waals surface area contributed by atoms with E-state index >= 15 is 0 Å². The molecular weight excluding hydrogens is 798 g/mol. The van der Waals surface area contributed by atoms with Crippen molar-refractivity contribution in [2.24, 2.45) is 5.34 Å². The van der Waals surface area contributed by atoms with Gasteiger partial charge >= 0.3 is 154 Å². The number of nitrogens with one attached hydrogen (secondary N) is 4. The van der Waals surface area contributed by atoms with Crippen molar-refractivity contribution < 1.29 is 159 Å². The average Bonchev–Trinajstić information content (AvgIpc) is 3.72. The van der Waals surface area contributed by atoms with E-state index in [1.807, 2.05) is 0 Å². The molecule has 0 aliphatic rings. The van der Waals surface area contributed by atoms with Gasteiger partial charge in [-0.2, -0.15) is 10.1 Å². The number of nitrogens with zero attached hydrogens (tertiary/aromatic N) is 12. The van der Waals surface area contributed by atoms with Crippen LogP contribution < -0.4 is 129 Å². The number of fused-ring (bicyclic) bond motifs is 1. The Morgan fingerprint density at radius 1 is 1.14 bits per heavy atom. The number of ether oxygens (including phenoxy) is 2. The molecule has 0 radical (unpaired) electrons. The summed E-state index contributed by atoms with van der Waals surface area (Å²) < 4.78 is 9.48. The Kier molecular flexibility index (Phi) is 44.2. The number of hydrogen-bond donors (Lipinski definition) is 5. The van der Waals surface area contributed by atoms with E-state index in [0.29, 0.717) is 15.2 Å². The number of nitrogen functional groups attached to an aromatic ring is 1. The number of aromatic amines is 4. The van der Waals surface area contributed by atoms with Crippen LogP contribution in [0.4, 0.5) is 17.7 Å². The smallest absolute Gasteiger partial charge is 0.870 e. The maximum Gasteiger partial charge on any atom is 1.00 e. The Labute approximate surface area is 388 Å². The van der Waals surface area contributed by atoms with E-state index in [9.17, 15) is 34.9 Å². The summed E-state index contributed by atoms with van der Waals surface area (Å²) in [5.74, 6) is -4.28. The molecule has 7 N–H and O–H groups in total. The molecule has 254 valence electrons. The summed E-state index contributed by atoms with van der Waals surface area (Å²) >= 11 is 9.09. The third-order valence-electron chi connectivity index (χ3n) is 3.48. The molecule has 29 nitrogen and oxygen atoms in total. The van der Waals surface area contributed by atoms with Crippen LogP contribution in [-0.4, -0.2) is 95.1 Å². The number of esters is 2. The third-order valence-corrected chi connectivity index (χ3v) is 3.87. The number of H-pyrrole nitrogens is 4. The van der Waals surface area contributed by atoms with Crippen molar-refractivity contribution in [1.29, 1.82) is 5.39 Å². The van der Waals surface area contributed by atoms with Crippen molar-refractivity contribution in [1.82, 2.24) is 55.2 Å². The number of hydrogen-bond acceptors (Lipinski definition) is 23. The molecule has 0 amide bonds. The molecule has 0 aliphatic carbocycles. The zero-order valence-corrected chi connectivity index (χ0v) is 37.4. The van der Waals surface area contributed by atoms with Crippen molar-refractivity contribution in [3.8, 4) is 18.4 Å². The van der Waals surface area contributed by atoms with Gasteiger partial charge in [-0.15, -0.1) is 5.34 Å². The predicted octanol–water partition coefficient (Wildman–Crippen LogP) is -14.0. The second-order valence-electron chi connectivity index (χ2n) is 6.21. The van der Waals surface area contributed by atoms with Gasteiger partial charge in [-0.1, -0.05) is 25.0 Å².